The lowest BCUT2D eigenvalue weighted by Gasteiger charge is -2.32. The molecule has 1 N–H and O–H groups in total. The maximum Gasteiger partial charge on any atom is 0.278 e. The van der Waals surface area contributed by atoms with Gasteiger partial charge in [-0.25, -0.2) is 4.39 Å². The number of hydrogen-bond acceptors (Lipinski definition) is 3. The molecule has 3 rings (SSSR count). The molecule has 1 aliphatic rings. The molecule has 130 valence electrons. The number of nitro groups is 1. The molecule has 0 atom stereocenters. The van der Waals surface area contributed by atoms with E-state index in [0.29, 0.717) is 38.3 Å². The molecule has 0 saturated carbocycles. The van der Waals surface area contributed by atoms with Crippen LogP contribution in [-0.4, -0.2) is 41.9 Å². The van der Waals surface area contributed by atoms with Gasteiger partial charge in [0, 0.05) is 6.07 Å². The summed E-state index contributed by atoms with van der Waals surface area (Å²) in [7, 11) is 0. The number of nitrogens with zero attached hydrogens (tertiary/aromatic N) is 2. The van der Waals surface area contributed by atoms with Crippen molar-refractivity contribution in [2.75, 3.05) is 26.2 Å². The van der Waals surface area contributed by atoms with Gasteiger partial charge < -0.3 is 9.80 Å². The molecule has 0 bridgehead atoms. The quantitative estimate of drug-likeness (QED) is 0.671. The minimum absolute atomic E-state index is 0.0876. The molecule has 1 aliphatic heterocycles. The fourth-order valence-electron chi connectivity index (χ4n) is 3.12. The number of carbonyl (C=O) groups excluding carboxylic acids is 1. The summed E-state index contributed by atoms with van der Waals surface area (Å²) in [5.41, 5.74) is 0.904. The van der Waals surface area contributed by atoms with Gasteiger partial charge in [0.2, 0.25) is 0 Å². The average Bonchev–Trinajstić information content (AvgIpc) is 2.62. The maximum atomic E-state index is 13.8. The molecule has 0 radical (unpaired) electrons. The summed E-state index contributed by atoms with van der Waals surface area (Å²) < 4.78 is 13.8. The molecule has 6 nitrogen and oxygen atoms in total. The lowest BCUT2D eigenvalue weighted by atomic mass is 10.1. The number of nitro benzene ring substituents is 1. The second kappa shape index (κ2) is 7.40. The second-order valence-electron chi connectivity index (χ2n) is 6.08. The summed E-state index contributed by atoms with van der Waals surface area (Å²) >= 11 is 0. The van der Waals surface area contributed by atoms with E-state index in [9.17, 15) is 19.3 Å². The van der Waals surface area contributed by atoms with Crippen molar-refractivity contribution in [3.05, 3.63) is 75.6 Å². The van der Waals surface area contributed by atoms with Gasteiger partial charge in [0.15, 0.2) is 0 Å². The predicted molar refractivity (Wildman–Crippen MR) is 89.8 cm³/mol. The summed E-state index contributed by atoms with van der Waals surface area (Å²) in [6.45, 7) is 2.89. The van der Waals surface area contributed by atoms with Crippen LogP contribution < -0.4 is 4.90 Å². The highest BCUT2D eigenvalue weighted by molar-refractivity contribution is 5.94. The lowest BCUT2D eigenvalue weighted by molar-refractivity contribution is -0.917. The van der Waals surface area contributed by atoms with Crippen LogP contribution in [0.3, 0.4) is 0 Å². The third-order valence-electron chi connectivity index (χ3n) is 4.49. The van der Waals surface area contributed by atoms with Crippen molar-refractivity contribution >= 4 is 11.6 Å². The number of para-hydroxylation sites is 1. The average molecular weight is 344 g/mol. The van der Waals surface area contributed by atoms with Crippen LogP contribution in [0.25, 0.3) is 0 Å². The van der Waals surface area contributed by atoms with E-state index in [1.165, 1.54) is 23.1 Å². The van der Waals surface area contributed by atoms with Crippen molar-refractivity contribution in [3.8, 4) is 0 Å². The Balaban J connectivity index is 1.62. The first-order valence-electron chi connectivity index (χ1n) is 8.16. The zero-order valence-electron chi connectivity index (χ0n) is 13.7. The zero-order valence-corrected chi connectivity index (χ0v) is 13.7. The van der Waals surface area contributed by atoms with Crippen LogP contribution in [0.5, 0.6) is 0 Å². The Hall–Kier alpha value is -2.80. The maximum absolute atomic E-state index is 13.8. The van der Waals surface area contributed by atoms with Gasteiger partial charge in [-0.3, -0.25) is 14.9 Å². The van der Waals surface area contributed by atoms with E-state index in [1.54, 1.807) is 35.2 Å². The lowest BCUT2D eigenvalue weighted by Crippen LogP contribution is -3.13. The van der Waals surface area contributed by atoms with Crippen molar-refractivity contribution < 1.29 is 19.0 Å². The summed E-state index contributed by atoms with van der Waals surface area (Å²) in [5.74, 6) is -0.815. The molecule has 1 fully saturated rings. The second-order valence-corrected chi connectivity index (χ2v) is 6.08. The molecule has 0 aromatic heterocycles. The summed E-state index contributed by atoms with van der Waals surface area (Å²) in [5, 5.41) is 11.1. The van der Waals surface area contributed by atoms with Gasteiger partial charge in [0.25, 0.3) is 11.6 Å². The standard InChI is InChI=1S/C18H18FN3O3/c19-16-7-3-2-6-15(16)18(23)21-11-9-20(10-12-21)13-14-5-1-4-8-17(14)22(24)25/h1-8H,9-13H2/p+1. The number of rotatable bonds is 4. The zero-order chi connectivity index (χ0) is 17.8. The van der Waals surface area contributed by atoms with E-state index in [-0.39, 0.29) is 22.1 Å². The Morgan fingerprint density at radius 2 is 1.76 bits per heavy atom. The predicted octanol–water partition coefficient (Wildman–Crippen LogP) is 1.27. The molecule has 2 aromatic rings. The van der Waals surface area contributed by atoms with Crippen LogP contribution in [0, 0.1) is 15.9 Å². The van der Waals surface area contributed by atoms with E-state index in [0.717, 1.165) is 0 Å². The van der Waals surface area contributed by atoms with E-state index < -0.39 is 5.82 Å². The van der Waals surface area contributed by atoms with Crippen molar-refractivity contribution in [1.29, 1.82) is 0 Å². The molecular weight excluding hydrogens is 325 g/mol. The monoisotopic (exact) mass is 344 g/mol. The number of halogens is 1. The Morgan fingerprint density at radius 3 is 2.44 bits per heavy atom. The fraction of sp³-hybridized carbons (Fsp3) is 0.278. The summed E-state index contributed by atoms with van der Waals surface area (Å²) in [6, 6.07) is 12.7. The molecule has 1 heterocycles. The molecule has 0 unspecified atom stereocenters. The number of benzene rings is 2. The van der Waals surface area contributed by atoms with Crippen molar-refractivity contribution in [3.63, 3.8) is 0 Å². The van der Waals surface area contributed by atoms with Gasteiger partial charge in [-0.2, -0.15) is 0 Å². The molecule has 0 aliphatic carbocycles. The molecule has 7 heteroatoms. The number of carbonyl (C=O) groups is 1. The highest BCUT2D eigenvalue weighted by Crippen LogP contribution is 2.16. The van der Waals surface area contributed by atoms with Crippen LogP contribution in [0.1, 0.15) is 15.9 Å². The Bertz CT molecular complexity index is 789. The number of piperazine rings is 1. The largest absolute Gasteiger partial charge is 0.328 e. The summed E-state index contributed by atoms with van der Waals surface area (Å²) in [4.78, 5) is 26.0. The Labute approximate surface area is 144 Å². The first-order valence-corrected chi connectivity index (χ1v) is 8.16. The van der Waals surface area contributed by atoms with E-state index in [4.69, 9.17) is 0 Å². The number of nitrogens with one attached hydrogen (secondary N) is 1. The van der Waals surface area contributed by atoms with E-state index in [1.807, 2.05) is 0 Å². The van der Waals surface area contributed by atoms with Gasteiger partial charge in [-0.05, 0) is 18.2 Å². The van der Waals surface area contributed by atoms with E-state index >= 15 is 0 Å². The number of amides is 1. The van der Waals surface area contributed by atoms with Crippen molar-refractivity contribution in [2.45, 2.75) is 6.54 Å². The summed E-state index contributed by atoms with van der Waals surface area (Å²) in [6.07, 6.45) is 0. The van der Waals surface area contributed by atoms with Crippen LogP contribution in [-0.2, 0) is 6.54 Å². The first-order chi connectivity index (χ1) is 12.1. The molecule has 25 heavy (non-hydrogen) atoms. The molecular formula is C18H19FN3O3+. The highest BCUT2D eigenvalue weighted by atomic mass is 19.1. The molecule has 1 saturated heterocycles. The molecule has 1 amide bonds. The Morgan fingerprint density at radius 1 is 1.12 bits per heavy atom. The minimum atomic E-state index is -0.512. The topological polar surface area (TPSA) is 67.9 Å². The van der Waals surface area contributed by atoms with Crippen LogP contribution in [0.15, 0.2) is 48.5 Å². The fourth-order valence-corrected chi connectivity index (χ4v) is 3.12. The van der Waals surface area contributed by atoms with Gasteiger partial charge in [-0.15, -0.1) is 0 Å². The van der Waals surface area contributed by atoms with Gasteiger partial charge in [0.05, 0.1) is 42.2 Å². The first kappa shape index (κ1) is 17.0. The van der Waals surface area contributed by atoms with Gasteiger partial charge >= 0.3 is 0 Å². The van der Waals surface area contributed by atoms with Crippen LogP contribution >= 0.6 is 0 Å². The normalized spacial score (nSPS) is 15.2. The van der Waals surface area contributed by atoms with Gasteiger partial charge in [0.1, 0.15) is 12.4 Å². The third-order valence-corrected chi connectivity index (χ3v) is 4.49. The Kier molecular flexibility index (Phi) is 5.04. The SMILES string of the molecule is O=C(c1ccccc1F)N1CC[NH+](Cc2ccccc2[N+](=O)[O-])CC1. The number of quaternary nitrogens is 1. The smallest absolute Gasteiger partial charge is 0.278 e. The molecule has 2 aromatic carbocycles. The molecule has 0 spiro atoms. The third kappa shape index (κ3) is 3.83. The van der Waals surface area contributed by atoms with Crippen LogP contribution in [0.4, 0.5) is 10.1 Å². The number of hydrogen-bond donors (Lipinski definition) is 1. The minimum Gasteiger partial charge on any atom is -0.328 e. The van der Waals surface area contributed by atoms with Crippen LogP contribution in [0.2, 0.25) is 0 Å². The van der Waals surface area contributed by atoms with E-state index in [2.05, 4.69) is 0 Å². The highest BCUT2D eigenvalue weighted by Gasteiger charge is 2.27. The van der Waals surface area contributed by atoms with Gasteiger partial charge in [-0.1, -0.05) is 24.3 Å². The van der Waals surface area contributed by atoms with Crippen molar-refractivity contribution in [1.82, 2.24) is 4.90 Å². The van der Waals surface area contributed by atoms with Crippen molar-refractivity contribution in [2.24, 2.45) is 0 Å².